The van der Waals surface area contributed by atoms with Gasteiger partial charge in [-0.25, -0.2) is 18.4 Å². The van der Waals surface area contributed by atoms with Gasteiger partial charge in [-0.05, 0) is 56.0 Å². The van der Waals surface area contributed by atoms with Crippen molar-refractivity contribution in [2.24, 2.45) is 0 Å². The van der Waals surface area contributed by atoms with Gasteiger partial charge >= 0.3 is 6.18 Å². The Labute approximate surface area is 201 Å². The summed E-state index contributed by atoms with van der Waals surface area (Å²) in [6.07, 6.45) is -2.48. The number of benzene rings is 1. The number of hydrogen-bond acceptors (Lipinski definition) is 7. The summed E-state index contributed by atoms with van der Waals surface area (Å²) < 4.78 is 69.4. The summed E-state index contributed by atoms with van der Waals surface area (Å²) in [6.45, 7) is 4.91. The highest BCUT2D eigenvalue weighted by Crippen LogP contribution is 2.37. The second-order valence-corrected chi connectivity index (χ2v) is 10.7. The van der Waals surface area contributed by atoms with E-state index in [1.165, 1.54) is 20.1 Å². The number of fused-ring (bicyclic) bond motifs is 1. The van der Waals surface area contributed by atoms with E-state index in [1.807, 2.05) is 0 Å². The minimum atomic E-state index is -4.45. The lowest BCUT2D eigenvalue weighted by atomic mass is 9.97. The van der Waals surface area contributed by atoms with E-state index in [2.05, 4.69) is 20.3 Å². The average Bonchev–Trinajstić information content (AvgIpc) is 2.77. The third-order valence-corrected chi connectivity index (χ3v) is 7.57. The lowest BCUT2D eigenvalue weighted by Crippen LogP contribution is -2.16. The molecular formula is C24H25F3N4O3S. The van der Waals surface area contributed by atoms with E-state index in [0.29, 0.717) is 46.1 Å². The second-order valence-electron chi connectivity index (χ2n) is 8.51. The van der Waals surface area contributed by atoms with Crippen molar-refractivity contribution in [1.29, 1.82) is 0 Å². The smallest absolute Gasteiger partial charge is 0.416 e. The molecule has 0 unspecified atom stereocenters. The second kappa shape index (κ2) is 9.10. The Bertz CT molecular complexity index is 1440. The molecule has 1 N–H and O–H groups in total. The molecule has 11 heteroatoms. The van der Waals surface area contributed by atoms with Crippen molar-refractivity contribution < 1.29 is 26.3 Å². The van der Waals surface area contributed by atoms with Crippen LogP contribution in [0.5, 0.6) is 5.88 Å². The van der Waals surface area contributed by atoms with Gasteiger partial charge in [0.15, 0.2) is 15.5 Å². The number of ether oxygens (including phenoxy) is 1. The molecule has 1 aromatic carbocycles. The highest BCUT2D eigenvalue weighted by atomic mass is 32.2. The van der Waals surface area contributed by atoms with Crippen molar-refractivity contribution in [3.05, 3.63) is 58.4 Å². The maximum Gasteiger partial charge on any atom is 0.416 e. The Morgan fingerprint density at radius 2 is 1.89 bits per heavy atom. The van der Waals surface area contributed by atoms with E-state index in [1.54, 1.807) is 32.1 Å². The van der Waals surface area contributed by atoms with Gasteiger partial charge in [0.1, 0.15) is 11.6 Å². The largest absolute Gasteiger partial charge is 0.481 e. The maximum atomic E-state index is 13.4. The summed E-state index contributed by atoms with van der Waals surface area (Å²) in [4.78, 5) is 13.4. The van der Waals surface area contributed by atoms with Crippen LogP contribution in [-0.2, 0) is 16.0 Å². The van der Waals surface area contributed by atoms with Crippen LogP contribution in [-0.4, -0.2) is 42.0 Å². The predicted octanol–water partition coefficient (Wildman–Crippen LogP) is 5.04. The van der Waals surface area contributed by atoms with Crippen molar-refractivity contribution in [3.8, 4) is 5.88 Å². The normalized spacial score (nSPS) is 16.6. The number of aromatic nitrogens is 3. The van der Waals surface area contributed by atoms with Gasteiger partial charge in [0.25, 0.3) is 0 Å². The standard InChI is InChI=1S/C24H25F3N4O3S/c1-13-17(6-5-7-20(13)24(25,26)27)14(2)28-21-19-12-18(16-8-10-35(32,33)11-9-16)23(34-4)31-22(19)30-15(3)29-21/h5-8,12,14H,9-11H2,1-4H3,(H,28,29,30,31)/t14-/m1/s1. The third kappa shape index (κ3) is 5.09. The van der Waals surface area contributed by atoms with Crippen LogP contribution >= 0.6 is 0 Å². The van der Waals surface area contributed by atoms with Gasteiger partial charge in [-0.2, -0.15) is 18.2 Å². The summed E-state index contributed by atoms with van der Waals surface area (Å²) in [5.74, 6) is 1.12. The minimum Gasteiger partial charge on any atom is -0.481 e. The van der Waals surface area contributed by atoms with E-state index in [4.69, 9.17) is 4.74 Å². The number of alkyl halides is 3. The molecule has 0 spiro atoms. The molecule has 0 bridgehead atoms. The summed E-state index contributed by atoms with van der Waals surface area (Å²) in [5, 5.41) is 3.78. The number of methoxy groups -OCH3 is 1. The van der Waals surface area contributed by atoms with Gasteiger partial charge in [0, 0.05) is 5.56 Å². The highest BCUT2D eigenvalue weighted by molar-refractivity contribution is 7.91. The number of halogens is 3. The quantitative estimate of drug-likeness (QED) is 0.518. The first-order chi connectivity index (χ1) is 16.4. The molecule has 0 amide bonds. The average molecular weight is 507 g/mol. The van der Waals surface area contributed by atoms with Gasteiger partial charge in [-0.15, -0.1) is 0 Å². The molecule has 1 atom stereocenters. The van der Waals surface area contributed by atoms with Gasteiger partial charge < -0.3 is 10.1 Å². The number of nitrogens with zero attached hydrogens (tertiary/aromatic N) is 3. The minimum absolute atomic E-state index is 0.0292. The van der Waals surface area contributed by atoms with Crippen LogP contribution in [0.15, 0.2) is 30.3 Å². The van der Waals surface area contributed by atoms with Crippen molar-refractivity contribution in [2.45, 2.75) is 39.4 Å². The zero-order valence-electron chi connectivity index (χ0n) is 19.7. The zero-order chi connectivity index (χ0) is 25.5. The number of anilines is 1. The summed E-state index contributed by atoms with van der Waals surface area (Å²) in [5.41, 5.74) is 1.74. The Balaban J connectivity index is 1.79. The first-order valence-corrected chi connectivity index (χ1v) is 12.8. The molecule has 0 saturated carbocycles. The van der Waals surface area contributed by atoms with Crippen molar-refractivity contribution in [3.63, 3.8) is 0 Å². The monoisotopic (exact) mass is 506 g/mol. The van der Waals surface area contributed by atoms with Gasteiger partial charge in [0.2, 0.25) is 5.88 Å². The fraction of sp³-hybridized carbons (Fsp3) is 0.375. The number of aryl methyl sites for hydroxylation is 1. The van der Waals surface area contributed by atoms with Crippen molar-refractivity contribution in [2.75, 3.05) is 23.9 Å². The SMILES string of the molecule is COc1nc2nc(C)nc(N[C@H](C)c3cccc(C(F)(F)F)c3C)c2cc1C1=CCS(=O)(=O)CC1. The van der Waals surface area contributed by atoms with Gasteiger partial charge in [-0.3, -0.25) is 0 Å². The fourth-order valence-corrected chi connectivity index (χ4v) is 5.43. The number of pyridine rings is 1. The Morgan fingerprint density at radius 3 is 2.51 bits per heavy atom. The van der Waals surface area contributed by atoms with E-state index in [9.17, 15) is 21.6 Å². The molecular weight excluding hydrogens is 481 g/mol. The van der Waals surface area contributed by atoms with Crippen molar-refractivity contribution in [1.82, 2.24) is 15.0 Å². The molecule has 35 heavy (non-hydrogen) atoms. The molecule has 0 aliphatic carbocycles. The first-order valence-electron chi connectivity index (χ1n) is 11.0. The number of nitrogens with one attached hydrogen (secondary N) is 1. The summed E-state index contributed by atoms with van der Waals surface area (Å²) in [6, 6.07) is 5.40. The molecule has 1 aliphatic heterocycles. The Kier molecular flexibility index (Phi) is 6.48. The van der Waals surface area contributed by atoms with E-state index < -0.39 is 27.6 Å². The molecule has 0 radical (unpaired) electrons. The molecule has 1 aliphatic rings. The highest BCUT2D eigenvalue weighted by Gasteiger charge is 2.33. The number of rotatable bonds is 5. The van der Waals surface area contributed by atoms with Crippen LogP contribution in [0.4, 0.5) is 19.0 Å². The van der Waals surface area contributed by atoms with Crippen molar-refractivity contribution >= 4 is 32.3 Å². The molecule has 0 saturated heterocycles. The molecule has 0 fully saturated rings. The Hall–Kier alpha value is -3.21. The third-order valence-electron chi connectivity index (χ3n) is 6.07. The van der Waals surface area contributed by atoms with Crippen LogP contribution in [0, 0.1) is 13.8 Å². The van der Waals surface area contributed by atoms with E-state index >= 15 is 0 Å². The first kappa shape index (κ1) is 24.9. The van der Waals surface area contributed by atoms with Crippen LogP contribution in [0.25, 0.3) is 16.6 Å². The lowest BCUT2D eigenvalue weighted by molar-refractivity contribution is -0.138. The predicted molar refractivity (Wildman–Crippen MR) is 128 cm³/mol. The molecule has 4 rings (SSSR count). The van der Waals surface area contributed by atoms with E-state index in [-0.39, 0.29) is 17.1 Å². The molecule has 186 valence electrons. The molecule has 3 aromatic rings. The maximum absolute atomic E-state index is 13.4. The van der Waals surface area contributed by atoms with Gasteiger partial charge in [0.05, 0.1) is 35.6 Å². The topological polar surface area (TPSA) is 94.1 Å². The lowest BCUT2D eigenvalue weighted by Gasteiger charge is -2.21. The molecule has 3 heterocycles. The molecule has 7 nitrogen and oxygen atoms in total. The fourth-order valence-electron chi connectivity index (χ4n) is 4.28. The van der Waals surface area contributed by atoms with Crippen LogP contribution in [0.1, 0.15) is 47.5 Å². The van der Waals surface area contributed by atoms with Crippen LogP contribution < -0.4 is 10.1 Å². The van der Waals surface area contributed by atoms with Crippen LogP contribution in [0.2, 0.25) is 0 Å². The van der Waals surface area contributed by atoms with Crippen LogP contribution in [0.3, 0.4) is 0 Å². The number of hydrogen-bond donors (Lipinski definition) is 1. The summed E-state index contributed by atoms with van der Waals surface area (Å²) >= 11 is 0. The van der Waals surface area contributed by atoms with Gasteiger partial charge in [-0.1, -0.05) is 18.2 Å². The van der Waals surface area contributed by atoms with E-state index in [0.717, 1.165) is 11.6 Å². The zero-order valence-corrected chi connectivity index (χ0v) is 20.5. The number of sulfone groups is 1. The Morgan fingerprint density at radius 1 is 1.14 bits per heavy atom. The number of allylic oxidation sites excluding steroid dienone is 1. The summed E-state index contributed by atoms with van der Waals surface area (Å²) in [7, 11) is -1.64. The molecule has 2 aromatic heterocycles.